The Kier molecular flexibility index (Phi) is 5.17. The Labute approximate surface area is 179 Å². The zero-order valence-electron chi connectivity index (χ0n) is 17.0. The Morgan fingerprint density at radius 3 is 2.79 bits per heavy atom. The van der Waals surface area contributed by atoms with E-state index in [0.29, 0.717) is 0 Å². The van der Waals surface area contributed by atoms with Crippen molar-refractivity contribution in [1.29, 1.82) is 0 Å². The molecule has 6 nitrogen and oxygen atoms in total. The van der Waals surface area contributed by atoms with E-state index in [-0.39, 0.29) is 11.6 Å². The summed E-state index contributed by atoms with van der Waals surface area (Å²) in [6, 6.07) is 4.33. The average molecular weight is 430 g/mol. The molecular formula is C21H27N5OS2. The molecule has 5 rings (SSSR count). The lowest BCUT2D eigenvalue weighted by Crippen LogP contribution is -2.40. The lowest BCUT2D eigenvalue weighted by molar-refractivity contribution is 0.156. The minimum Gasteiger partial charge on any atom is -0.496 e. The number of fused-ring (bicyclic) bond motifs is 1. The van der Waals surface area contributed by atoms with Crippen LogP contribution in [0.15, 0.2) is 22.9 Å². The summed E-state index contributed by atoms with van der Waals surface area (Å²) in [7, 11) is 1.75. The van der Waals surface area contributed by atoms with E-state index in [9.17, 15) is 0 Å². The predicted molar refractivity (Wildman–Crippen MR) is 116 cm³/mol. The topological polar surface area (TPSA) is 56.1 Å². The number of rotatable bonds is 5. The maximum atomic E-state index is 5.73. The van der Waals surface area contributed by atoms with Crippen LogP contribution < -0.4 is 4.74 Å². The molecule has 0 N–H and O–H groups in total. The first-order valence-corrected chi connectivity index (χ1v) is 12.1. The van der Waals surface area contributed by atoms with Gasteiger partial charge in [0, 0.05) is 18.0 Å². The van der Waals surface area contributed by atoms with Crippen molar-refractivity contribution in [1.82, 2.24) is 25.1 Å². The van der Waals surface area contributed by atoms with Gasteiger partial charge in [0.15, 0.2) is 5.82 Å². The highest BCUT2D eigenvalue weighted by Crippen LogP contribution is 2.43. The van der Waals surface area contributed by atoms with Crippen molar-refractivity contribution in [3.8, 4) is 5.75 Å². The molecule has 0 amide bonds. The monoisotopic (exact) mass is 429 g/mol. The molecule has 0 aromatic carbocycles. The van der Waals surface area contributed by atoms with Crippen molar-refractivity contribution in [2.75, 3.05) is 13.7 Å². The first kappa shape index (κ1) is 19.2. The number of tetrazole rings is 1. The maximum Gasteiger partial charge on any atom is 0.174 e. The number of hydrogen-bond acceptors (Lipinski definition) is 7. The first-order valence-electron chi connectivity index (χ1n) is 10.4. The molecule has 1 aliphatic heterocycles. The normalized spacial score (nSPS) is 20.3. The molecule has 8 heteroatoms. The average Bonchev–Trinajstić information content (AvgIpc) is 3.49. The van der Waals surface area contributed by atoms with E-state index < -0.39 is 0 Å². The van der Waals surface area contributed by atoms with Crippen molar-refractivity contribution < 1.29 is 4.74 Å². The highest BCUT2D eigenvalue weighted by molar-refractivity contribution is 7.10. The molecule has 2 aliphatic rings. The Morgan fingerprint density at radius 1 is 1.14 bits per heavy atom. The van der Waals surface area contributed by atoms with Crippen molar-refractivity contribution in [3.63, 3.8) is 0 Å². The second-order valence-electron chi connectivity index (χ2n) is 8.35. The van der Waals surface area contributed by atoms with Gasteiger partial charge in [-0.25, -0.2) is 4.68 Å². The Hall–Kier alpha value is -1.77. The van der Waals surface area contributed by atoms with Gasteiger partial charge < -0.3 is 4.74 Å². The molecule has 29 heavy (non-hydrogen) atoms. The van der Waals surface area contributed by atoms with Crippen LogP contribution in [0.1, 0.15) is 66.2 Å². The quantitative estimate of drug-likeness (QED) is 0.592. The smallest absolute Gasteiger partial charge is 0.174 e. The molecule has 154 valence electrons. The van der Waals surface area contributed by atoms with Gasteiger partial charge in [-0.1, -0.05) is 19.3 Å². The van der Waals surface area contributed by atoms with Crippen molar-refractivity contribution in [3.05, 3.63) is 44.0 Å². The zero-order valence-corrected chi connectivity index (χ0v) is 18.6. The van der Waals surface area contributed by atoms with Gasteiger partial charge in [-0.2, -0.15) is 0 Å². The van der Waals surface area contributed by atoms with Crippen LogP contribution in [0.2, 0.25) is 0 Å². The minimum atomic E-state index is -0.0108. The van der Waals surface area contributed by atoms with Gasteiger partial charge in [-0.05, 0) is 65.1 Å². The van der Waals surface area contributed by atoms with Gasteiger partial charge in [0.25, 0.3) is 0 Å². The second kappa shape index (κ2) is 7.81. The summed E-state index contributed by atoms with van der Waals surface area (Å²) < 4.78 is 7.87. The summed E-state index contributed by atoms with van der Waals surface area (Å²) in [4.78, 5) is 5.23. The highest BCUT2D eigenvalue weighted by Gasteiger charge is 2.39. The Balaban J connectivity index is 1.58. The van der Waals surface area contributed by atoms with Crippen LogP contribution in [0.5, 0.6) is 5.75 Å². The third-order valence-corrected chi connectivity index (χ3v) is 8.48. The molecule has 1 saturated carbocycles. The predicted octanol–water partition coefficient (Wildman–Crippen LogP) is 4.63. The zero-order chi connectivity index (χ0) is 19.8. The summed E-state index contributed by atoms with van der Waals surface area (Å²) in [6.07, 6.45) is 7.13. The molecule has 0 saturated heterocycles. The molecule has 4 heterocycles. The van der Waals surface area contributed by atoms with Crippen molar-refractivity contribution in [2.45, 2.75) is 63.6 Å². The van der Waals surface area contributed by atoms with Crippen LogP contribution in [-0.4, -0.2) is 38.8 Å². The summed E-state index contributed by atoms with van der Waals surface area (Å²) >= 11 is 3.61. The van der Waals surface area contributed by atoms with Gasteiger partial charge in [0.05, 0.1) is 17.5 Å². The SMILES string of the molecule is COc1ccsc1C(c1nnnn1C1(C)CCCCC1)N1CCc2sccc2C1. The first-order chi connectivity index (χ1) is 14.2. The highest BCUT2D eigenvalue weighted by atomic mass is 32.1. The summed E-state index contributed by atoms with van der Waals surface area (Å²) in [6.45, 7) is 4.25. The number of methoxy groups -OCH3 is 1. The molecule has 1 aliphatic carbocycles. The molecule has 0 radical (unpaired) electrons. The third-order valence-electron chi connectivity index (χ3n) is 6.51. The van der Waals surface area contributed by atoms with Crippen LogP contribution in [0.25, 0.3) is 0 Å². The van der Waals surface area contributed by atoms with Crippen LogP contribution in [0.3, 0.4) is 0 Å². The van der Waals surface area contributed by atoms with E-state index in [0.717, 1.165) is 43.9 Å². The number of aromatic nitrogens is 4. The Bertz CT molecular complexity index is 971. The van der Waals surface area contributed by atoms with Gasteiger partial charge in [0.2, 0.25) is 0 Å². The van der Waals surface area contributed by atoms with Gasteiger partial charge in [0.1, 0.15) is 11.8 Å². The van der Waals surface area contributed by atoms with E-state index >= 15 is 0 Å². The van der Waals surface area contributed by atoms with E-state index in [4.69, 9.17) is 4.74 Å². The van der Waals surface area contributed by atoms with Gasteiger partial charge >= 0.3 is 0 Å². The maximum absolute atomic E-state index is 5.73. The molecule has 1 fully saturated rings. The molecule has 3 aromatic rings. The largest absolute Gasteiger partial charge is 0.496 e. The van der Waals surface area contributed by atoms with Gasteiger partial charge in [-0.15, -0.1) is 27.8 Å². The fraction of sp³-hybridized carbons (Fsp3) is 0.571. The van der Waals surface area contributed by atoms with Gasteiger partial charge in [-0.3, -0.25) is 4.90 Å². The standard InChI is InChI=1S/C21H27N5OS2/c1-21(9-4-3-5-10-21)26-20(22-23-24-26)18(19-16(27-2)8-13-29-19)25-11-6-17-15(14-25)7-12-28-17/h7-8,12-13,18H,3-6,9-11,14H2,1-2H3. The van der Waals surface area contributed by atoms with E-state index in [1.165, 1.54) is 34.6 Å². The fourth-order valence-corrected chi connectivity index (χ4v) is 6.77. The van der Waals surface area contributed by atoms with Crippen LogP contribution >= 0.6 is 22.7 Å². The lowest BCUT2D eigenvalue weighted by Gasteiger charge is -2.38. The van der Waals surface area contributed by atoms with E-state index in [1.54, 1.807) is 18.4 Å². The molecular weight excluding hydrogens is 402 g/mol. The number of thiophene rings is 2. The van der Waals surface area contributed by atoms with Crippen LogP contribution in [-0.2, 0) is 18.5 Å². The third kappa shape index (κ3) is 3.41. The molecule has 1 atom stereocenters. The molecule has 0 spiro atoms. The van der Waals surface area contributed by atoms with Crippen molar-refractivity contribution in [2.24, 2.45) is 0 Å². The Morgan fingerprint density at radius 2 is 1.97 bits per heavy atom. The van der Waals surface area contributed by atoms with E-state index in [2.05, 4.69) is 54.9 Å². The molecule has 0 bridgehead atoms. The molecule has 1 unspecified atom stereocenters. The van der Waals surface area contributed by atoms with Crippen molar-refractivity contribution >= 4 is 22.7 Å². The molecule has 3 aromatic heterocycles. The second-order valence-corrected chi connectivity index (χ2v) is 10.3. The fourth-order valence-electron chi connectivity index (χ4n) is 4.89. The number of ether oxygens (including phenoxy) is 1. The number of hydrogen-bond donors (Lipinski definition) is 0. The summed E-state index contributed by atoms with van der Waals surface area (Å²) in [5, 5.41) is 17.6. The number of nitrogens with zero attached hydrogens (tertiary/aromatic N) is 5. The summed E-state index contributed by atoms with van der Waals surface area (Å²) in [5.41, 5.74) is 1.42. The minimum absolute atomic E-state index is 0.00625. The van der Waals surface area contributed by atoms with Crippen LogP contribution in [0, 0.1) is 0 Å². The lowest BCUT2D eigenvalue weighted by atomic mass is 9.83. The van der Waals surface area contributed by atoms with E-state index in [1.807, 2.05) is 11.3 Å². The van der Waals surface area contributed by atoms with Crippen LogP contribution in [0.4, 0.5) is 0 Å². The summed E-state index contributed by atoms with van der Waals surface area (Å²) in [5.74, 6) is 1.88.